The molecule has 6 heteroatoms. The molecule has 2 N–H and O–H groups in total. The maximum Gasteiger partial charge on any atom is 0.191 e. The highest BCUT2D eigenvalue weighted by molar-refractivity contribution is 14.0. The number of nitrogens with one attached hydrogen (secondary N) is 2. The summed E-state index contributed by atoms with van der Waals surface area (Å²) < 4.78 is 5.99. The molecule has 0 amide bonds. The van der Waals surface area contributed by atoms with Gasteiger partial charge in [0, 0.05) is 18.8 Å². The van der Waals surface area contributed by atoms with Crippen LogP contribution in [0.15, 0.2) is 35.3 Å². The average molecular weight is 449 g/mol. The van der Waals surface area contributed by atoms with E-state index in [1.165, 1.54) is 18.6 Å². The van der Waals surface area contributed by atoms with Gasteiger partial charge in [0.1, 0.15) is 11.9 Å². The van der Waals surface area contributed by atoms with Crippen molar-refractivity contribution in [1.82, 2.24) is 10.6 Å². The van der Waals surface area contributed by atoms with E-state index < -0.39 is 0 Å². The van der Waals surface area contributed by atoms with Crippen LogP contribution in [0.4, 0.5) is 0 Å². The van der Waals surface area contributed by atoms with Crippen LogP contribution < -0.4 is 15.4 Å². The van der Waals surface area contributed by atoms with Crippen LogP contribution >= 0.6 is 35.7 Å². The number of aliphatic imine (C=N–C) groups is 1. The van der Waals surface area contributed by atoms with Crippen molar-refractivity contribution in [3.63, 3.8) is 0 Å². The van der Waals surface area contributed by atoms with Gasteiger partial charge >= 0.3 is 0 Å². The number of para-hydroxylation sites is 1. The summed E-state index contributed by atoms with van der Waals surface area (Å²) in [5, 5.41) is 7.51. The molecule has 0 aliphatic carbocycles. The van der Waals surface area contributed by atoms with Crippen molar-refractivity contribution in [2.45, 2.75) is 37.5 Å². The SMILES string of the molecule is CCC(CNC(=NC)NCC1CCCS1)Oc1ccccc1.I. The molecular weight excluding hydrogens is 421 g/mol. The molecular formula is C17H28IN3OS. The summed E-state index contributed by atoms with van der Waals surface area (Å²) in [5.74, 6) is 3.07. The minimum Gasteiger partial charge on any atom is -0.489 e. The Balaban J connectivity index is 0.00000264. The number of nitrogens with zero attached hydrogens (tertiary/aromatic N) is 1. The van der Waals surface area contributed by atoms with Gasteiger partial charge in [-0.15, -0.1) is 24.0 Å². The van der Waals surface area contributed by atoms with E-state index >= 15 is 0 Å². The van der Waals surface area contributed by atoms with E-state index in [1.807, 2.05) is 37.4 Å². The topological polar surface area (TPSA) is 45.7 Å². The quantitative estimate of drug-likeness (QED) is 0.380. The lowest BCUT2D eigenvalue weighted by Gasteiger charge is -2.20. The Labute approximate surface area is 161 Å². The fourth-order valence-electron chi connectivity index (χ4n) is 2.41. The van der Waals surface area contributed by atoms with Crippen LogP contribution in [0.1, 0.15) is 26.2 Å². The van der Waals surface area contributed by atoms with Gasteiger partial charge in [-0.05, 0) is 37.1 Å². The number of ether oxygens (including phenoxy) is 1. The predicted octanol–water partition coefficient (Wildman–Crippen LogP) is 3.52. The second-order valence-corrected chi connectivity index (χ2v) is 6.84. The molecule has 2 rings (SSSR count). The van der Waals surface area contributed by atoms with Gasteiger partial charge in [0.05, 0.1) is 6.54 Å². The van der Waals surface area contributed by atoms with Crippen molar-refractivity contribution in [2.24, 2.45) is 4.99 Å². The summed E-state index contributed by atoms with van der Waals surface area (Å²) in [7, 11) is 1.82. The number of halogens is 1. The predicted molar refractivity (Wildman–Crippen MR) is 111 cm³/mol. The maximum atomic E-state index is 5.99. The van der Waals surface area contributed by atoms with E-state index in [9.17, 15) is 0 Å². The third kappa shape index (κ3) is 7.65. The standard InChI is InChI=1S/C17H27N3OS.HI/c1-3-14(21-15-8-5-4-6-9-15)12-19-17(18-2)20-13-16-10-7-11-22-16;/h4-6,8-9,14,16H,3,7,10-13H2,1-2H3,(H2,18,19,20);1H. The van der Waals surface area contributed by atoms with Crippen molar-refractivity contribution >= 4 is 41.7 Å². The summed E-state index contributed by atoms with van der Waals surface area (Å²) in [4.78, 5) is 4.29. The lowest BCUT2D eigenvalue weighted by Crippen LogP contribution is -2.44. The van der Waals surface area contributed by atoms with Gasteiger partial charge in [-0.3, -0.25) is 4.99 Å². The number of guanidine groups is 1. The van der Waals surface area contributed by atoms with Crippen LogP contribution in [-0.4, -0.2) is 43.2 Å². The fraction of sp³-hybridized carbons (Fsp3) is 0.588. The number of benzene rings is 1. The van der Waals surface area contributed by atoms with E-state index in [-0.39, 0.29) is 30.1 Å². The zero-order valence-electron chi connectivity index (χ0n) is 14.0. The molecule has 0 saturated carbocycles. The number of hydrogen-bond acceptors (Lipinski definition) is 3. The normalized spacial score (nSPS) is 18.9. The minimum absolute atomic E-state index is 0. The highest BCUT2D eigenvalue weighted by atomic mass is 127. The molecule has 1 aliphatic rings. The Bertz CT molecular complexity index is 452. The molecule has 1 aromatic rings. The first-order chi connectivity index (χ1) is 10.8. The third-order valence-corrected chi connectivity index (χ3v) is 5.14. The highest BCUT2D eigenvalue weighted by Gasteiger charge is 2.16. The van der Waals surface area contributed by atoms with Gasteiger partial charge < -0.3 is 15.4 Å². The lowest BCUT2D eigenvalue weighted by molar-refractivity contribution is 0.199. The van der Waals surface area contributed by atoms with Crippen molar-refractivity contribution < 1.29 is 4.74 Å². The smallest absolute Gasteiger partial charge is 0.191 e. The first-order valence-electron chi connectivity index (χ1n) is 8.09. The Morgan fingerprint density at radius 1 is 1.35 bits per heavy atom. The van der Waals surface area contributed by atoms with Crippen LogP contribution in [0.2, 0.25) is 0 Å². The van der Waals surface area contributed by atoms with E-state index in [4.69, 9.17) is 4.74 Å². The molecule has 2 atom stereocenters. The Hall–Kier alpha value is -0.630. The lowest BCUT2D eigenvalue weighted by atomic mass is 10.2. The zero-order chi connectivity index (χ0) is 15.6. The second-order valence-electron chi connectivity index (χ2n) is 5.43. The first-order valence-corrected chi connectivity index (χ1v) is 9.14. The van der Waals surface area contributed by atoms with Gasteiger partial charge in [-0.25, -0.2) is 0 Å². The molecule has 1 fully saturated rings. The van der Waals surface area contributed by atoms with Crippen LogP contribution in [0, 0.1) is 0 Å². The highest BCUT2D eigenvalue weighted by Crippen LogP contribution is 2.25. The van der Waals surface area contributed by atoms with Gasteiger partial charge in [0.2, 0.25) is 0 Å². The summed E-state index contributed by atoms with van der Waals surface area (Å²) in [6.07, 6.45) is 3.74. The van der Waals surface area contributed by atoms with Gasteiger partial charge in [0.15, 0.2) is 5.96 Å². The largest absolute Gasteiger partial charge is 0.489 e. The average Bonchev–Trinajstić information content (AvgIpc) is 3.08. The molecule has 2 unspecified atom stereocenters. The third-order valence-electron chi connectivity index (χ3n) is 3.74. The zero-order valence-corrected chi connectivity index (χ0v) is 17.1. The Morgan fingerprint density at radius 2 is 2.13 bits per heavy atom. The van der Waals surface area contributed by atoms with Crippen molar-refractivity contribution in [3.05, 3.63) is 30.3 Å². The molecule has 1 heterocycles. The van der Waals surface area contributed by atoms with Gasteiger partial charge in [-0.1, -0.05) is 25.1 Å². The van der Waals surface area contributed by atoms with Gasteiger partial charge in [-0.2, -0.15) is 11.8 Å². The van der Waals surface area contributed by atoms with Crippen molar-refractivity contribution in [1.29, 1.82) is 0 Å². The second kappa shape index (κ2) is 11.8. The van der Waals surface area contributed by atoms with Gasteiger partial charge in [0.25, 0.3) is 0 Å². The van der Waals surface area contributed by atoms with E-state index in [2.05, 4.69) is 34.3 Å². The monoisotopic (exact) mass is 449 g/mol. The van der Waals surface area contributed by atoms with Crippen LogP contribution in [-0.2, 0) is 0 Å². The molecule has 130 valence electrons. The molecule has 1 saturated heterocycles. The van der Waals surface area contributed by atoms with Crippen LogP contribution in [0.5, 0.6) is 5.75 Å². The Morgan fingerprint density at radius 3 is 2.74 bits per heavy atom. The molecule has 4 nitrogen and oxygen atoms in total. The molecule has 0 spiro atoms. The van der Waals surface area contributed by atoms with Crippen molar-refractivity contribution in [2.75, 3.05) is 25.9 Å². The van der Waals surface area contributed by atoms with E-state index in [1.54, 1.807) is 0 Å². The number of hydrogen-bond donors (Lipinski definition) is 2. The maximum absolute atomic E-state index is 5.99. The molecule has 0 radical (unpaired) electrons. The molecule has 0 aromatic heterocycles. The fourth-order valence-corrected chi connectivity index (χ4v) is 3.61. The van der Waals surface area contributed by atoms with Crippen molar-refractivity contribution in [3.8, 4) is 5.75 Å². The number of rotatable bonds is 7. The summed E-state index contributed by atoms with van der Waals surface area (Å²) in [6.45, 7) is 3.88. The van der Waals surface area contributed by atoms with Crippen LogP contribution in [0.25, 0.3) is 0 Å². The van der Waals surface area contributed by atoms with E-state index in [0.717, 1.165) is 36.5 Å². The molecule has 23 heavy (non-hydrogen) atoms. The first kappa shape index (κ1) is 20.4. The minimum atomic E-state index is 0. The summed E-state index contributed by atoms with van der Waals surface area (Å²) >= 11 is 2.06. The molecule has 0 bridgehead atoms. The van der Waals surface area contributed by atoms with E-state index in [0.29, 0.717) is 0 Å². The molecule has 1 aromatic carbocycles. The summed E-state index contributed by atoms with van der Waals surface area (Å²) in [6, 6.07) is 9.98. The molecule has 1 aliphatic heterocycles. The Kier molecular flexibility index (Phi) is 10.5. The summed E-state index contributed by atoms with van der Waals surface area (Å²) in [5.41, 5.74) is 0. The van der Waals surface area contributed by atoms with Crippen LogP contribution in [0.3, 0.4) is 0 Å². The number of thioether (sulfide) groups is 1.